The van der Waals surface area contributed by atoms with Gasteiger partial charge in [-0.15, -0.1) is 0 Å². The number of hydrogen-bond acceptors (Lipinski definition) is 7. The Morgan fingerprint density at radius 1 is 1.12 bits per heavy atom. The number of nitrogens with one attached hydrogen (secondary N) is 1. The lowest BCUT2D eigenvalue weighted by atomic mass is 10.1. The molecule has 5 rings (SSSR count). The predicted octanol–water partition coefficient (Wildman–Crippen LogP) is 2.89. The number of aromatic nitrogens is 2. The van der Waals surface area contributed by atoms with Crippen LogP contribution >= 0.6 is 0 Å². The molecule has 1 atom stereocenters. The molecule has 9 heteroatoms. The van der Waals surface area contributed by atoms with E-state index in [4.69, 9.17) is 14.2 Å². The van der Waals surface area contributed by atoms with Crippen molar-refractivity contribution in [1.29, 1.82) is 0 Å². The summed E-state index contributed by atoms with van der Waals surface area (Å²) in [5.74, 6) is 0.967. The summed E-state index contributed by atoms with van der Waals surface area (Å²) in [6, 6.07) is 9.82. The molecule has 34 heavy (non-hydrogen) atoms. The highest BCUT2D eigenvalue weighted by atomic mass is 16.7. The van der Waals surface area contributed by atoms with E-state index in [1.165, 1.54) is 6.07 Å². The SMILES string of the molecule is CC(NC(=O)COC(=O)c1ccc2c(=O)n3c(nc2c1)CCCCC3)c1ccc2c(c1)OCO2. The summed E-state index contributed by atoms with van der Waals surface area (Å²) in [6.45, 7) is 2.25. The van der Waals surface area contributed by atoms with Gasteiger partial charge in [-0.05, 0) is 55.7 Å². The van der Waals surface area contributed by atoms with Crippen LogP contribution in [0.1, 0.15) is 54.0 Å². The average Bonchev–Trinajstić information content (AvgIpc) is 3.18. The van der Waals surface area contributed by atoms with E-state index in [1.807, 2.05) is 19.1 Å². The Bertz CT molecular complexity index is 1330. The van der Waals surface area contributed by atoms with Crippen molar-refractivity contribution in [2.24, 2.45) is 0 Å². The Kier molecular flexibility index (Phi) is 5.91. The van der Waals surface area contributed by atoms with Gasteiger partial charge in [0.25, 0.3) is 11.5 Å². The van der Waals surface area contributed by atoms with Gasteiger partial charge in [0.15, 0.2) is 18.1 Å². The maximum absolute atomic E-state index is 12.8. The van der Waals surface area contributed by atoms with Gasteiger partial charge in [-0.25, -0.2) is 9.78 Å². The van der Waals surface area contributed by atoms with Crippen LogP contribution in [0.25, 0.3) is 10.9 Å². The monoisotopic (exact) mass is 463 g/mol. The first-order chi connectivity index (χ1) is 16.5. The number of hydrogen-bond donors (Lipinski definition) is 1. The van der Waals surface area contributed by atoms with Crippen molar-refractivity contribution in [1.82, 2.24) is 14.9 Å². The summed E-state index contributed by atoms with van der Waals surface area (Å²) in [4.78, 5) is 42.4. The van der Waals surface area contributed by atoms with Gasteiger partial charge in [-0.1, -0.05) is 12.5 Å². The Balaban J connectivity index is 1.23. The number of carbonyl (C=O) groups excluding carboxylic acids is 2. The second-order valence-corrected chi connectivity index (χ2v) is 8.51. The largest absolute Gasteiger partial charge is 0.454 e. The molecule has 0 bridgehead atoms. The van der Waals surface area contributed by atoms with Crippen molar-refractivity contribution in [3.63, 3.8) is 0 Å². The number of fused-ring (bicyclic) bond motifs is 3. The fourth-order valence-electron chi connectivity index (χ4n) is 4.31. The lowest BCUT2D eigenvalue weighted by Gasteiger charge is -2.15. The molecule has 9 nitrogen and oxygen atoms in total. The van der Waals surface area contributed by atoms with Crippen molar-refractivity contribution >= 4 is 22.8 Å². The standard InChI is InChI=1S/C25H25N3O6/c1-15(16-7-9-20-21(12-16)34-14-33-20)26-23(29)13-32-25(31)17-6-8-18-19(11-17)27-22-5-3-2-4-10-28(22)24(18)30/h6-9,11-12,15H,2-5,10,13-14H2,1H3,(H,26,29). The van der Waals surface area contributed by atoms with E-state index in [0.717, 1.165) is 37.1 Å². The summed E-state index contributed by atoms with van der Waals surface area (Å²) in [7, 11) is 0. The highest BCUT2D eigenvalue weighted by molar-refractivity contribution is 5.95. The van der Waals surface area contributed by atoms with Crippen molar-refractivity contribution in [2.75, 3.05) is 13.4 Å². The molecule has 1 amide bonds. The van der Waals surface area contributed by atoms with E-state index in [2.05, 4.69) is 10.3 Å². The Hall–Kier alpha value is -3.88. The fourth-order valence-corrected chi connectivity index (χ4v) is 4.31. The Morgan fingerprint density at radius 2 is 1.97 bits per heavy atom. The Morgan fingerprint density at radius 3 is 2.85 bits per heavy atom. The zero-order chi connectivity index (χ0) is 23.7. The number of ether oxygens (including phenoxy) is 3. The maximum atomic E-state index is 12.8. The predicted molar refractivity (Wildman–Crippen MR) is 123 cm³/mol. The summed E-state index contributed by atoms with van der Waals surface area (Å²) in [5, 5.41) is 3.27. The van der Waals surface area contributed by atoms with Crippen molar-refractivity contribution in [3.8, 4) is 11.5 Å². The summed E-state index contributed by atoms with van der Waals surface area (Å²) >= 11 is 0. The first-order valence-corrected chi connectivity index (χ1v) is 11.4. The normalized spacial score (nSPS) is 15.3. The smallest absolute Gasteiger partial charge is 0.338 e. The third-order valence-electron chi connectivity index (χ3n) is 6.16. The topological polar surface area (TPSA) is 109 Å². The van der Waals surface area contributed by atoms with Gasteiger partial charge in [0, 0.05) is 13.0 Å². The third-order valence-corrected chi connectivity index (χ3v) is 6.16. The van der Waals surface area contributed by atoms with Gasteiger partial charge in [-0.3, -0.25) is 14.2 Å². The number of aryl methyl sites for hydroxylation is 1. The van der Waals surface area contributed by atoms with E-state index < -0.39 is 18.5 Å². The van der Waals surface area contributed by atoms with Gasteiger partial charge in [0.1, 0.15) is 5.82 Å². The molecule has 0 radical (unpaired) electrons. The van der Waals surface area contributed by atoms with Gasteiger partial charge < -0.3 is 19.5 Å². The molecule has 2 aliphatic rings. The minimum atomic E-state index is -0.648. The van der Waals surface area contributed by atoms with Crippen LogP contribution < -0.4 is 20.3 Å². The first kappa shape index (κ1) is 21.9. The zero-order valence-corrected chi connectivity index (χ0v) is 18.8. The maximum Gasteiger partial charge on any atom is 0.338 e. The second kappa shape index (κ2) is 9.17. The molecule has 0 saturated heterocycles. The van der Waals surface area contributed by atoms with Gasteiger partial charge >= 0.3 is 5.97 Å². The molecule has 1 N–H and O–H groups in total. The minimum absolute atomic E-state index is 0.0845. The summed E-state index contributed by atoms with van der Waals surface area (Å²) in [5.41, 5.74) is 1.47. The lowest BCUT2D eigenvalue weighted by Crippen LogP contribution is -2.31. The molecule has 1 unspecified atom stereocenters. The second-order valence-electron chi connectivity index (χ2n) is 8.51. The average molecular weight is 463 g/mol. The fraction of sp³-hybridized carbons (Fsp3) is 0.360. The molecule has 0 saturated carbocycles. The van der Waals surface area contributed by atoms with Crippen LogP contribution in [0.2, 0.25) is 0 Å². The van der Waals surface area contributed by atoms with Gasteiger partial charge in [0.05, 0.1) is 22.5 Å². The van der Waals surface area contributed by atoms with E-state index in [-0.39, 0.29) is 24.0 Å². The quantitative estimate of drug-likeness (QED) is 0.580. The molecule has 3 heterocycles. The minimum Gasteiger partial charge on any atom is -0.454 e. The molecule has 3 aromatic rings. The Labute approximate surface area is 195 Å². The molecular formula is C25H25N3O6. The third kappa shape index (κ3) is 4.33. The number of esters is 1. The molecule has 0 spiro atoms. The van der Waals surface area contributed by atoms with Crippen LogP contribution in [0, 0.1) is 0 Å². The molecule has 0 fully saturated rings. The number of carbonyl (C=O) groups is 2. The highest BCUT2D eigenvalue weighted by Crippen LogP contribution is 2.34. The van der Waals surface area contributed by atoms with Crippen LogP contribution in [0.3, 0.4) is 0 Å². The van der Waals surface area contributed by atoms with Crippen LogP contribution in [0.15, 0.2) is 41.2 Å². The highest BCUT2D eigenvalue weighted by Gasteiger charge is 2.19. The van der Waals surface area contributed by atoms with Crippen LogP contribution in [-0.2, 0) is 22.5 Å². The number of rotatable bonds is 5. The van der Waals surface area contributed by atoms with Crippen LogP contribution in [0.5, 0.6) is 11.5 Å². The van der Waals surface area contributed by atoms with Crippen molar-refractivity contribution in [3.05, 3.63) is 63.7 Å². The van der Waals surface area contributed by atoms with E-state index >= 15 is 0 Å². The molecule has 1 aromatic heterocycles. The van der Waals surface area contributed by atoms with E-state index in [1.54, 1.807) is 22.8 Å². The van der Waals surface area contributed by atoms with E-state index in [0.29, 0.717) is 28.9 Å². The molecule has 2 aliphatic heterocycles. The summed E-state index contributed by atoms with van der Waals surface area (Å²) < 4.78 is 17.6. The molecule has 2 aromatic carbocycles. The van der Waals surface area contributed by atoms with Crippen LogP contribution in [-0.4, -0.2) is 34.8 Å². The lowest BCUT2D eigenvalue weighted by molar-refractivity contribution is -0.124. The molecular weight excluding hydrogens is 438 g/mol. The van der Waals surface area contributed by atoms with Crippen molar-refractivity contribution < 1.29 is 23.8 Å². The number of nitrogens with zero attached hydrogens (tertiary/aromatic N) is 2. The molecule has 0 aliphatic carbocycles. The number of amides is 1. The zero-order valence-electron chi connectivity index (χ0n) is 18.8. The van der Waals surface area contributed by atoms with Gasteiger partial charge in [0.2, 0.25) is 6.79 Å². The summed E-state index contributed by atoms with van der Waals surface area (Å²) in [6.07, 6.45) is 3.74. The number of benzene rings is 2. The van der Waals surface area contributed by atoms with E-state index in [9.17, 15) is 14.4 Å². The van der Waals surface area contributed by atoms with Gasteiger partial charge in [-0.2, -0.15) is 0 Å². The van der Waals surface area contributed by atoms with Crippen molar-refractivity contribution in [2.45, 2.75) is 45.2 Å². The first-order valence-electron chi connectivity index (χ1n) is 11.4. The van der Waals surface area contributed by atoms with Crippen LogP contribution in [0.4, 0.5) is 0 Å². The molecule has 176 valence electrons.